The number of nitrogens with zero attached hydrogens (tertiary/aromatic N) is 1. The molecule has 0 radical (unpaired) electrons. The molecule has 0 aliphatic rings. The molecule has 2 aromatic carbocycles. The fourth-order valence-corrected chi connectivity index (χ4v) is 2.73. The number of hydrogen-bond acceptors (Lipinski definition) is 3. The van der Waals surface area contributed by atoms with Gasteiger partial charge in [-0.25, -0.2) is 0 Å². The summed E-state index contributed by atoms with van der Waals surface area (Å²) < 4.78 is 0. The Morgan fingerprint density at radius 3 is 2.04 bits per heavy atom. The molecule has 140 valence electrons. The first-order valence-corrected chi connectivity index (χ1v) is 9.53. The lowest BCUT2D eigenvalue weighted by Crippen LogP contribution is -1.95. The van der Waals surface area contributed by atoms with E-state index < -0.39 is 0 Å². The van der Waals surface area contributed by atoms with Crippen LogP contribution in [0.25, 0.3) is 6.08 Å². The molecule has 0 aliphatic carbocycles. The molecule has 0 heterocycles. The second kappa shape index (κ2) is 15.0. The topological polar surface area (TPSA) is 49.7 Å². The van der Waals surface area contributed by atoms with Crippen LogP contribution in [-0.4, -0.2) is 23.7 Å². The molecular weight excluding hydrogens is 342 g/mol. The molecule has 0 fully saturated rings. The third kappa shape index (κ3) is 9.23. The van der Waals surface area contributed by atoms with Crippen molar-refractivity contribution < 1.29 is 9.90 Å². The average Bonchev–Trinajstić information content (AvgIpc) is 2.68. The summed E-state index contributed by atoms with van der Waals surface area (Å²) in [6, 6.07) is 19.0. The molecule has 0 atom stereocenters. The van der Waals surface area contributed by atoms with Gasteiger partial charge in [-0.3, -0.25) is 9.79 Å². The van der Waals surface area contributed by atoms with Gasteiger partial charge in [-0.05, 0) is 28.5 Å². The predicted octanol–water partition coefficient (Wildman–Crippen LogP) is 6.32. The Kier molecular flexibility index (Phi) is 13.6. The van der Waals surface area contributed by atoms with Crippen LogP contribution in [0.3, 0.4) is 0 Å². The lowest BCUT2D eigenvalue weighted by Gasteiger charge is -2.07. The fraction of sp³-hybridized carbons (Fsp3) is 0.273. The maximum atomic E-state index is 8.36. The molecule has 0 spiro atoms. The fourth-order valence-electron chi connectivity index (χ4n) is 2.00. The van der Waals surface area contributed by atoms with Crippen molar-refractivity contribution in [2.75, 3.05) is 7.05 Å². The molecule has 0 unspecified atom stereocenters. The van der Waals surface area contributed by atoms with Crippen molar-refractivity contribution in [3.8, 4) is 0 Å². The first kappa shape index (κ1) is 23.7. The minimum Gasteiger partial charge on any atom is -0.483 e. The Balaban J connectivity index is 0.00000113. The number of thioether (sulfide) groups is 1. The second-order valence-corrected chi connectivity index (χ2v) is 6.14. The van der Waals surface area contributed by atoms with Gasteiger partial charge in [0.25, 0.3) is 6.47 Å². The summed E-state index contributed by atoms with van der Waals surface area (Å²) in [6.45, 7) is 8.17. The molecule has 2 aromatic rings. The molecular formula is C22H29NO2S. The van der Waals surface area contributed by atoms with Gasteiger partial charge in [0.15, 0.2) is 0 Å². The Bertz CT molecular complexity index is 662. The molecule has 0 aliphatic heterocycles. The van der Waals surface area contributed by atoms with Crippen LogP contribution in [0.15, 0.2) is 65.0 Å². The summed E-state index contributed by atoms with van der Waals surface area (Å²) in [5.41, 5.74) is 3.74. The quantitative estimate of drug-likeness (QED) is 0.389. The van der Waals surface area contributed by atoms with Crippen molar-refractivity contribution in [1.29, 1.82) is 0 Å². The van der Waals surface area contributed by atoms with Gasteiger partial charge in [0, 0.05) is 12.6 Å². The van der Waals surface area contributed by atoms with E-state index in [-0.39, 0.29) is 6.47 Å². The highest BCUT2D eigenvalue weighted by Crippen LogP contribution is 2.20. The highest BCUT2D eigenvalue weighted by Gasteiger charge is 2.03. The molecule has 3 nitrogen and oxygen atoms in total. The molecule has 4 heteroatoms. The van der Waals surface area contributed by atoms with Crippen LogP contribution in [0.5, 0.6) is 0 Å². The molecule has 0 bridgehead atoms. The van der Waals surface area contributed by atoms with Crippen molar-refractivity contribution in [1.82, 2.24) is 0 Å². The number of rotatable bonds is 4. The van der Waals surface area contributed by atoms with E-state index >= 15 is 0 Å². The van der Waals surface area contributed by atoms with Crippen LogP contribution in [0.4, 0.5) is 0 Å². The van der Waals surface area contributed by atoms with E-state index in [0.29, 0.717) is 5.92 Å². The van der Waals surface area contributed by atoms with Gasteiger partial charge in [-0.1, -0.05) is 94.1 Å². The highest BCUT2D eigenvalue weighted by molar-refractivity contribution is 8.17. The Morgan fingerprint density at radius 1 is 1.04 bits per heavy atom. The van der Waals surface area contributed by atoms with E-state index in [0.717, 1.165) is 5.04 Å². The van der Waals surface area contributed by atoms with Crippen LogP contribution >= 0.6 is 11.8 Å². The minimum absolute atomic E-state index is 0.250. The van der Waals surface area contributed by atoms with E-state index in [4.69, 9.17) is 9.90 Å². The van der Waals surface area contributed by atoms with Gasteiger partial charge in [0.1, 0.15) is 5.04 Å². The maximum absolute atomic E-state index is 8.36. The Hall–Kier alpha value is -2.33. The number of hydrogen-bond donors (Lipinski definition) is 1. The summed E-state index contributed by atoms with van der Waals surface area (Å²) in [4.78, 5) is 12.8. The summed E-state index contributed by atoms with van der Waals surface area (Å²) in [7, 11) is 1.84. The zero-order valence-electron chi connectivity index (χ0n) is 16.2. The molecule has 0 amide bonds. The molecule has 1 N–H and O–H groups in total. The van der Waals surface area contributed by atoms with Gasteiger partial charge in [-0.15, -0.1) is 0 Å². The maximum Gasteiger partial charge on any atom is 0.290 e. The van der Waals surface area contributed by atoms with Gasteiger partial charge < -0.3 is 5.11 Å². The third-order valence-electron chi connectivity index (χ3n) is 3.27. The number of aliphatic imine (C=N–C) groups is 1. The van der Waals surface area contributed by atoms with Crippen molar-refractivity contribution in [2.24, 2.45) is 4.99 Å². The average molecular weight is 372 g/mol. The number of carbonyl (C=O) groups is 1. The number of benzene rings is 2. The molecule has 26 heavy (non-hydrogen) atoms. The summed E-state index contributed by atoms with van der Waals surface area (Å²) in [5, 5.41) is 10.0. The molecule has 0 aromatic heterocycles. The highest BCUT2D eigenvalue weighted by atomic mass is 32.2. The lowest BCUT2D eigenvalue weighted by molar-refractivity contribution is -0.122. The van der Waals surface area contributed by atoms with Crippen LogP contribution in [0.1, 0.15) is 50.3 Å². The van der Waals surface area contributed by atoms with Gasteiger partial charge in [0.05, 0.1) is 0 Å². The van der Waals surface area contributed by atoms with Crippen molar-refractivity contribution in [3.63, 3.8) is 0 Å². The van der Waals surface area contributed by atoms with Gasteiger partial charge in [-0.2, -0.15) is 0 Å². The zero-order valence-corrected chi connectivity index (χ0v) is 17.0. The van der Waals surface area contributed by atoms with E-state index in [2.05, 4.69) is 66.7 Å². The smallest absolute Gasteiger partial charge is 0.290 e. The normalized spacial score (nSPS) is 10.6. The van der Waals surface area contributed by atoms with Gasteiger partial charge in [0.2, 0.25) is 0 Å². The SMILES string of the molecule is CC.CN=C(S/C=C/c1ccccc1)c1ccc(C(C)C)cc1.O=CO. The number of carboxylic acid groups (broad SMARTS) is 1. The summed E-state index contributed by atoms with van der Waals surface area (Å²) in [6.07, 6.45) is 2.11. The van der Waals surface area contributed by atoms with E-state index in [1.54, 1.807) is 11.8 Å². The second-order valence-electron chi connectivity index (χ2n) is 5.24. The van der Waals surface area contributed by atoms with Crippen LogP contribution < -0.4 is 0 Å². The largest absolute Gasteiger partial charge is 0.483 e. The van der Waals surface area contributed by atoms with Gasteiger partial charge >= 0.3 is 0 Å². The predicted molar refractivity (Wildman–Crippen MR) is 116 cm³/mol. The molecule has 2 rings (SSSR count). The van der Waals surface area contributed by atoms with Crippen molar-refractivity contribution >= 4 is 29.4 Å². The van der Waals surface area contributed by atoms with Crippen LogP contribution in [-0.2, 0) is 4.79 Å². The monoisotopic (exact) mass is 371 g/mol. The lowest BCUT2D eigenvalue weighted by atomic mass is 10.0. The Labute approximate surface area is 161 Å². The third-order valence-corrected chi connectivity index (χ3v) is 4.18. The molecule has 0 saturated carbocycles. The van der Waals surface area contributed by atoms with E-state index in [1.165, 1.54) is 16.7 Å². The Morgan fingerprint density at radius 2 is 1.58 bits per heavy atom. The summed E-state index contributed by atoms with van der Waals surface area (Å²) >= 11 is 1.65. The summed E-state index contributed by atoms with van der Waals surface area (Å²) in [5.74, 6) is 0.562. The van der Waals surface area contributed by atoms with Crippen molar-refractivity contribution in [3.05, 3.63) is 76.7 Å². The zero-order chi connectivity index (χ0) is 19.8. The minimum atomic E-state index is -0.250. The van der Waals surface area contributed by atoms with E-state index in [9.17, 15) is 0 Å². The van der Waals surface area contributed by atoms with E-state index in [1.807, 2.05) is 39.1 Å². The molecule has 0 saturated heterocycles. The first-order valence-electron chi connectivity index (χ1n) is 8.65. The van der Waals surface area contributed by atoms with Crippen molar-refractivity contribution in [2.45, 2.75) is 33.6 Å². The first-order chi connectivity index (χ1) is 12.6. The standard InChI is InChI=1S/C19H21NS.C2H6.CH2O2/c1-15(2)17-9-11-18(12-10-17)19(20-3)21-14-13-16-7-5-4-6-8-16;1-2;2-1-3/h4-15H,1-3H3;1-2H3;1H,(H,2,3)/b14-13+,20-19?;;. The van der Waals surface area contributed by atoms with Crippen LogP contribution in [0.2, 0.25) is 0 Å². The van der Waals surface area contributed by atoms with Crippen LogP contribution in [0, 0.1) is 0 Å².